The van der Waals surface area contributed by atoms with Crippen LogP contribution in [0.15, 0.2) is 0 Å². The van der Waals surface area contributed by atoms with Gasteiger partial charge in [0.25, 0.3) is 0 Å². The number of rotatable bonds is 5. The van der Waals surface area contributed by atoms with Crippen molar-refractivity contribution in [2.45, 2.75) is 45.6 Å². The van der Waals surface area contributed by atoms with Gasteiger partial charge < -0.3 is 10.4 Å². The summed E-state index contributed by atoms with van der Waals surface area (Å²) in [4.78, 5) is 22.7. The highest BCUT2D eigenvalue weighted by atomic mass is 16.4. The van der Waals surface area contributed by atoms with Gasteiger partial charge in [0, 0.05) is 12.0 Å². The normalized spacial score (nSPS) is 32.1. The van der Waals surface area contributed by atoms with Crippen LogP contribution in [0.1, 0.15) is 39.5 Å². The molecular formula is C13H21NO3. The molecule has 2 N–H and O–H groups in total. The van der Waals surface area contributed by atoms with Gasteiger partial charge in [-0.1, -0.05) is 20.3 Å². The van der Waals surface area contributed by atoms with Crippen LogP contribution in [0.4, 0.5) is 0 Å². The lowest BCUT2D eigenvalue weighted by Crippen LogP contribution is -2.41. The van der Waals surface area contributed by atoms with E-state index in [1.807, 2.05) is 13.8 Å². The molecule has 2 aliphatic rings. The van der Waals surface area contributed by atoms with Crippen molar-refractivity contribution >= 4 is 11.9 Å². The van der Waals surface area contributed by atoms with Gasteiger partial charge in [0.2, 0.25) is 5.91 Å². The number of carboxylic acids is 1. The lowest BCUT2D eigenvalue weighted by atomic mass is 10.0. The molecule has 0 aromatic carbocycles. The third kappa shape index (κ3) is 2.61. The first-order valence-electron chi connectivity index (χ1n) is 6.53. The second kappa shape index (κ2) is 4.67. The van der Waals surface area contributed by atoms with Crippen LogP contribution in [0.5, 0.6) is 0 Å². The summed E-state index contributed by atoms with van der Waals surface area (Å²) in [5, 5.41) is 11.7. The summed E-state index contributed by atoms with van der Waals surface area (Å²) < 4.78 is 0. The minimum Gasteiger partial charge on any atom is -0.481 e. The van der Waals surface area contributed by atoms with E-state index in [9.17, 15) is 9.59 Å². The molecule has 2 rings (SSSR count). The van der Waals surface area contributed by atoms with Gasteiger partial charge in [-0.3, -0.25) is 9.59 Å². The SMILES string of the molecule is CC(C)C(CC(=O)O)NC(=O)C1C2CCCC21. The molecule has 2 aliphatic carbocycles. The third-order valence-electron chi connectivity index (χ3n) is 4.24. The summed E-state index contributed by atoms with van der Waals surface area (Å²) in [7, 11) is 0. The molecule has 4 nitrogen and oxygen atoms in total. The van der Waals surface area contributed by atoms with Crippen molar-refractivity contribution in [3.05, 3.63) is 0 Å². The molecule has 17 heavy (non-hydrogen) atoms. The van der Waals surface area contributed by atoms with Gasteiger partial charge >= 0.3 is 5.97 Å². The molecule has 0 bridgehead atoms. The number of carbonyl (C=O) groups is 2. The second-order valence-corrected chi connectivity index (χ2v) is 5.74. The smallest absolute Gasteiger partial charge is 0.305 e. The van der Waals surface area contributed by atoms with E-state index >= 15 is 0 Å². The lowest BCUT2D eigenvalue weighted by molar-refractivity contribution is -0.138. The van der Waals surface area contributed by atoms with Gasteiger partial charge in [0.1, 0.15) is 0 Å². The Morgan fingerprint density at radius 1 is 1.29 bits per heavy atom. The monoisotopic (exact) mass is 239 g/mol. The minimum atomic E-state index is -0.847. The maximum atomic E-state index is 12.0. The molecule has 3 atom stereocenters. The van der Waals surface area contributed by atoms with Gasteiger partial charge in [-0.2, -0.15) is 0 Å². The third-order valence-corrected chi connectivity index (χ3v) is 4.24. The van der Waals surface area contributed by atoms with Crippen molar-refractivity contribution in [2.75, 3.05) is 0 Å². The molecule has 0 aromatic heterocycles. The van der Waals surface area contributed by atoms with Crippen LogP contribution >= 0.6 is 0 Å². The highest BCUT2D eigenvalue weighted by Gasteiger charge is 2.56. The molecule has 4 heteroatoms. The van der Waals surface area contributed by atoms with E-state index < -0.39 is 5.97 Å². The van der Waals surface area contributed by atoms with Gasteiger partial charge in [-0.25, -0.2) is 0 Å². The second-order valence-electron chi connectivity index (χ2n) is 5.74. The summed E-state index contributed by atoms with van der Waals surface area (Å²) in [6.07, 6.45) is 3.62. The van der Waals surface area contributed by atoms with Crippen molar-refractivity contribution in [3.63, 3.8) is 0 Å². The standard InChI is InChI=1S/C13H21NO3/c1-7(2)10(6-11(15)16)14-13(17)12-8-4-3-5-9(8)12/h7-10,12H,3-6H2,1-2H3,(H,14,17)(H,15,16). The number of carboxylic acid groups (broad SMARTS) is 1. The summed E-state index contributed by atoms with van der Waals surface area (Å²) >= 11 is 0. The lowest BCUT2D eigenvalue weighted by Gasteiger charge is -2.21. The highest BCUT2D eigenvalue weighted by Crippen LogP contribution is 2.57. The van der Waals surface area contributed by atoms with E-state index in [1.165, 1.54) is 19.3 Å². The van der Waals surface area contributed by atoms with E-state index in [1.54, 1.807) is 0 Å². The van der Waals surface area contributed by atoms with E-state index in [-0.39, 0.29) is 30.2 Å². The van der Waals surface area contributed by atoms with Crippen molar-refractivity contribution in [2.24, 2.45) is 23.7 Å². The maximum Gasteiger partial charge on any atom is 0.305 e. The zero-order chi connectivity index (χ0) is 12.6. The Balaban J connectivity index is 1.85. The van der Waals surface area contributed by atoms with E-state index in [2.05, 4.69) is 5.32 Å². The maximum absolute atomic E-state index is 12.0. The Kier molecular flexibility index (Phi) is 3.40. The molecule has 96 valence electrons. The summed E-state index contributed by atoms with van der Waals surface area (Å²) in [6.45, 7) is 3.89. The first-order valence-corrected chi connectivity index (χ1v) is 6.53. The molecule has 0 spiro atoms. The average molecular weight is 239 g/mol. The van der Waals surface area contributed by atoms with Crippen molar-refractivity contribution in [1.29, 1.82) is 0 Å². The zero-order valence-corrected chi connectivity index (χ0v) is 10.5. The van der Waals surface area contributed by atoms with Gasteiger partial charge in [0.05, 0.1) is 6.42 Å². The molecule has 1 amide bonds. The zero-order valence-electron chi connectivity index (χ0n) is 10.5. The number of aliphatic carboxylic acids is 1. The fourth-order valence-electron chi connectivity index (χ4n) is 3.13. The van der Waals surface area contributed by atoms with E-state index in [0.717, 1.165) is 0 Å². The van der Waals surface area contributed by atoms with Crippen LogP contribution in [0.25, 0.3) is 0 Å². The highest BCUT2D eigenvalue weighted by molar-refractivity contribution is 5.83. The number of hydrogen-bond donors (Lipinski definition) is 2. The Hall–Kier alpha value is -1.06. The first-order chi connectivity index (χ1) is 8.00. The summed E-state index contributed by atoms with van der Waals surface area (Å²) in [6, 6.07) is -0.235. The van der Waals surface area contributed by atoms with Crippen molar-refractivity contribution < 1.29 is 14.7 Å². The van der Waals surface area contributed by atoms with Crippen LogP contribution in [-0.2, 0) is 9.59 Å². The Morgan fingerprint density at radius 3 is 2.35 bits per heavy atom. The molecule has 2 fully saturated rings. The molecule has 2 saturated carbocycles. The molecule has 0 radical (unpaired) electrons. The number of fused-ring (bicyclic) bond motifs is 1. The van der Waals surface area contributed by atoms with Crippen LogP contribution in [-0.4, -0.2) is 23.0 Å². The molecule has 0 saturated heterocycles. The Bertz CT molecular complexity index is 317. The number of carbonyl (C=O) groups excluding carboxylic acids is 1. The predicted octanol–water partition coefficient (Wildman–Crippen LogP) is 1.65. The van der Waals surface area contributed by atoms with Crippen LogP contribution < -0.4 is 5.32 Å². The van der Waals surface area contributed by atoms with Crippen LogP contribution in [0, 0.1) is 23.7 Å². The van der Waals surface area contributed by atoms with E-state index in [4.69, 9.17) is 5.11 Å². The summed E-state index contributed by atoms with van der Waals surface area (Å²) in [5.74, 6) is 0.757. The van der Waals surface area contributed by atoms with Crippen LogP contribution in [0.3, 0.4) is 0 Å². The fraction of sp³-hybridized carbons (Fsp3) is 0.846. The first kappa shape index (κ1) is 12.4. The molecular weight excluding hydrogens is 218 g/mol. The van der Waals surface area contributed by atoms with E-state index in [0.29, 0.717) is 11.8 Å². The molecule has 0 heterocycles. The molecule has 0 aromatic rings. The number of hydrogen-bond acceptors (Lipinski definition) is 2. The Morgan fingerprint density at radius 2 is 1.88 bits per heavy atom. The van der Waals surface area contributed by atoms with Gasteiger partial charge in [-0.05, 0) is 30.6 Å². The Labute approximate surface area is 102 Å². The minimum absolute atomic E-state index is 0.0193. The van der Waals surface area contributed by atoms with Gasteiger partial charge in [0.15, 0.2) is 0 Å². The molecule has 3 unspecified atom stereocenters. The number of nitrogens with one attached hydrogen (secondary N) is 1. The van der Waals surface area contributed by atoms with Crippen LogP contribution in [0.2, 0.25) is 0 Å². The predicted molar refractivity (Wildman–Crippen MR) is 63.3 cm³/mol. The number of amides is 1. The topological polar surface area (TPSA) is 66.4 Å². The van der Waals surface area contributed by atoms with Crippen molar-refractivity contribution in [3.8, 4) is 0 Å². The van der Waals surface area contributed by atoms with Gasteiger partial charge in [-0.15, -0.1) is 0 Å². The quantitative estimate of drug-likeness (QED) is 0.766. The summed E-state index contributed by atoms with van der Waals surface area (Å²) in [5.41, 5.74) is 0. The fourth-order valence-corrected chi connectivity index (χ4v) is 3.13. The molecule has 0 aliphatic heterocycles. The largest absolute Gasteiger partial charge is 0.481 e. The average Bonchev–Trinajstić information content (AvgIpc) is 2.71. The van der Waals surface area contributed by atoms with Crippen molar-refractivity contribution in [1.82, 2.24) is 5.32 Å².